The van der Waals surface area contributed by atoms with E-state index in [2.05, 4.69) is 35.1 Å². The Morgan fingerprint density at radius 2 is 1.95 bits per heavy atom. The van der Waals surface area contributed by atoms with Gasteiger partial charge in [0.25, 0.3) is 0 Å². The van der Waals surface area contributed by atoms with Gasteiger partial charge < -0.3 is 16.0 Å². The third-order valence-electron chi connectivity index (χ3n) is 3.65. The van der Waals surface area contributed by atoms with Crippen LogP contribution in [0.2, 0.25) is 0 Å². The van der Waals surface area contributed by atoms with Gasteiger partial charge in [-0.05, 0) is 32.1 Å². The van der Waals surface area contributed by atoms with Gasteiger partial charge in [-0.1, -0.05) is 32.0 Å². The van der Waals surface area contributed by atoms with Gasteiger partial charge in [0.15, 0.2) is 0 Å². The molecule has 3 N–H and O–H groups in total. The lowest BCUT2D eigenvalue weighted by molar-refractivity contribution is 0.303. The van der Waals surface area contributed by atoms with E-state index < -0.39 is 0 Å². The van der Waals surface area contributed by atoms with Crippen molar-refractivity contribution in [1.82, 2.24) is 9.88 Å². The van der Waals surface area contributed by atoms with Crippen LogP contribution in [0.3, 0.4) is 0 Å². The Bertz CT molecular complexity index is 549. The Kier molecular flexibility index (Phi) is 5.18. The van der Waals surface area contributed by atoms with Crippen molar-refractivity contribution >= 4 is 22.3 Å². The van der Waals surface area contributed by atoms with E-state index in [0.717, 1.165) is 49.2 Å². The molecule has 0 aliphatic carbocycles. The van der Waals surface area contributed by atoms with E-state index in [9.17, 15) is 0 Å². The number of para-hydroxylation sites is 1. The van der Waals surface area contributed by atoms with Crippen molar-refractivity contribution in [3.05, 3.63) is 30.5 Å². The van der Waals surface area contributed by atoms with E-state index >= 15 is 0 Å². The molecule has 20 heavy (non-hydrogen) atoms. The zero-order valence-electron chi connectivity index (χ0n) is 12.4. The molecule has 4 nitrogen and oxygen atoms in total. The molecule has 0 radical (unpaired) electrons. The monoisotopic (exact) mass is 272 g/mol. The van der Waals surface area contributed by atoms with E-state index in [1.165, 1.54) is 0 Å². The number of nitrogens with one attached hydrogen (secondary N) is 1. The van der Waals surface area contributed by atoms with Crippen LogP contribution >= 0.6 is 0 Å². The lowest BCUT2D eigenvalue weighted by Crippen LogP contribution is -2.25. The number of rotatable bonds is 7. The number of nitrogens with zero attached hydrogens (tertiary/aromatic N) is 2. The molecule has 4 heteroatoms. The normalized spacial score (nSPS) is 11.2. The number of fused-ring (bicyclic) bond motifs is 1. The van der Waals surface area contributed by atoms with Crippen LogP contribution in [-0.4, -0.2) is 36.1 Å². The molecule has 0 aliphatic rings. The fourth-order valence-electron chi connectivity index (χ4n) is 2.41. The standard InChI is InChI=1S/C16H24N4/c1-3-20(4-2)11-7-10-18-16-13-8-5-6-9-15(13)19-12-14(16)17/h5-6,8-9,12H,3-4,7,10-11,17H2,1-2H3,(H,18,19). The summed E-state index contributed by atoms with van der Waals surface area (Å²) in [5.74, 6) is 0. The third-order valence-corrected chi connectivity index (χ3v) is 3.65. The van der Waals surface area contributed by atoms with E-state index in [4.69, 9.17) is 5.73 Å². The van der Waals surface area contributed by atoms with Crippen molar-refractivity contribution in [3.8, 4) is 0 Å². The zero-order valence-corrected chi connectivity index (χ0v) is 12.4. The molecule has 0 saturated carbocycles. The first-order valence-electron chi connectivity index (χ1n) is 7.35. The van der Waals surface area contributed by atoms with E-state index in [0.29, 0.717) is 5.69 Å². The molecule has 1 heterocycles. The molecule has 0 bridgehead atoms. The molecule has 1 aromatic heterocycles. The number of aromatic nitrogens is 1. The number of anilines is 2. The highest BCUT2D eigenvalue weighted by molar-refractivity contribution is 5.96. The topological polar surface area (TPSA) is 54.2 Å². The summed E-state index contributed by atoms with van der Waals surface area (Å²) in [6, 6.07) is 8.08. The molecular formula is C16H24N4. The maximum absolute atomic E-state index is 6.05. The predicted molar refractivity (Wildman–Crippen MR) is 87.1 cm³/mol. The van der Waals surface area contributed by atoms with Crippen LogP contribution in [0.5, 0.6) is 0 Å². The number of nitrogens with two attached hydrogens (primary N) is 1. The molecule has 108 valence electrons. The lowest BCUT2D eigenvalue weighted by Gasteiger charge is -2.18. The number of pyridine rings is 1. The van der Waals surface area contributed by atoms with Gasteiger partial charge in [0.05, 0.1) is 23.1 Å². The minimum atomic E-state index is 0.714. The molecule has 2 rings (SSSR count). The average molecular weight is 272 g/mol. The number of benzene rings is 1. The second-order valence-corrected chi connectivity index (χ2v) is 4.91. The minimum absolute atomic E-state index is 0.714. The lowest BCUT2D eigenvalue weighted by atomic mass is 10.1. The van der Waals surface area contributed by atoms with Crippen molar-refractivity contribution in [2.24, 2.45) is 0 Å². The predicted octanol–water partition coefficient (Wildman–Crippen LogP) is 2.96. The van der Waals surface area contributed by atoms with Crippen molar-refractivity contribution < 1.29 is 0 Å². The first-order valence-corrected chi connectivity index (χ1v) is 7.35. The second-order valence-electron chi connectivity index (χ2n) is 4.91. The summed E-state index contributed by atoms with van der Waals surface area (Å²) in [4.78, 5) is 6.78. The van der Waals surface area contributed by atoms with Crippen LogP contribution in [-0.2, 0) is 0 Å². The van der Waals surface area contributed by atoms with Crippen molar-refractivity contribution in [1.29, 1.82) is 0 Å². The van der Waals surface area contributed by atoms with E-state index in [-0.39, 0.29) is 0 Å². The van der Waals surface area contributed by atoms with Gasteiger partial charge in [-0.25, -0.2) is 0 Å². The molecule has 0 unspecified atom stereocenters. The number of hydrogen-bond acceptors (Lipinski definition) is 4. The fraction of sp³-hybridized carbons (Fsp3) is 0.438. The largest absolute Gasteiger partial charge is 0.396 e. The van der Waals surface area contributed by atoms with Gasteiger partial charge in [0.2, 0.25) is 0 Å². The third kappa shape index (κ3) is 3.39. The van der Waals surface area contributed by atoms with Gasteiger partial charge in [0, 0.05) is 11.9 Å². The van der Waals surface area contributed by atoms with Gasteiger partial charge in [-0.15, -0.1) is 0 Å². The van der Waals surface area contributed by atoms with Crippen LogP contribution in [0.15, 0.2) is 30.5 Å². The Balaban J connectivity index is 2.01. The SMILES string of the molecule is CCN(CC)CCCNc1c(N)cnc2ccccc12. The zero-order chi connectivity index (χ0) is 14.4. The second kappa shape index (κ2) is 7.10. The molecule has 2 aromatic rings. The molecule has 1 aromatic carbocycles. The Labute approximate surface area is 121 Å². The molecular weight excluding hydrogens is 248 g/mol. The average Bonchev–Trinajstić information content (AvgIpc) is 2.49. The maximum Gasteiger partial charge on any atom is 0.0743 e. The highest BCUT2D eigenvalue weighted by Gasteiger charge is 2.06. The van der Waals surface area contributed by atoms with Crippen molar-refractivity contribution in [2.45, 2.75) is 20.3 Å². The summed E-state index contributed by atoms with van der Waals surface area (Å²) in [5, 5.41) is 4.56. The van der Waals surface area contributed by atoms with Crippen LogP contribution in [0.1, 0.15) is 20.3 Å². The highest BCUT2D eigenvalue weighted by Crippen LogP contribution is 2.27. The summed E-state index contributed by atoms with van der Waals surface area (Å²) >= 11 is 0. The molecule has 0 fully saturated rings. The van der Waals surface area contributed by atoms with E-state index in [1.54, 1.807) is 6.20 Å². The van der Waals surface area contributed by atoms with Crippen molar-refractivity contribution in [2.75, 3.05) is 37.2 Å². The molecule has 0 spiro atoms. The van der Waals surface area contributed by atoms with Gasteiger partial charge in [0.1, 0.15) is 0 Å². The summed E-state index contributed by atoms with van der Waals surface area (Å²) in [7, 11) is 0. The molecule has 0 amide bonds. The smallest absolute Gasteiger partial charge is 0.0743 e. The first kappa shape index (κ1) is 14.6. The molecule has 0 aliphatic heterocycles. The van der Waals surface area contributed by atoms with Crippen LogP contribution in [0, 0.1) is 0 Å². The molecule has 0 saturated heterocycles. The van der Waals surface area contributed by atoms with Crippen LogP contribution in [0.4, 0.5) is 11.4 Å². The van der Waals surface area contributed by atoms with Gasteiger partial charge in [-0.2, -0.15) is 0 Å². The minimum Gasteiger partial charge on any atom is -0.396 e. The van der Waals surface area contributed by atoms with Gasteiger partial charge in [-0.3, -0.25) is 4.98 Å². The highest BCUT2D eigenvalue weighted by atomic mass is 15.1. The van der Waals surface area contributed by atoms with Gasteiger partial charge >= 0.3 is 0 Å². The van der Waals surface area contributed by atoms with Crippen LogP contribution < -0.4 is 11.1 Å². The number of hydrogen-bond donors (Lipinski definition) is 2. The Morgan fingerprint density at radius 1 is 1.20 bits per heavy atom. The summed E-state index contributed by atoms with van der Waals surface area (Å²) < 4.78 is 0. The Hall–Kier alpha value is -1.81. The van der Waals surface area contributed by atoms with Crippen LogP contribution in [0.25, 0.3) is 10.9 Å². The summed E-state index contributed by atoms with van der Waals surface area (Å²) in [6.07, 6.45) is 2.84. The van der Waals surface area contributed by atoms with E-state index in [1.807, 2.05) is 18.2 Å². The quantitative estimate of drug-likeness (QED) is 0.761. The van der Waals surface area contributed by atoms with Crippen molar-refractivity contribution in [3.63, 3.8) is 0 Å². The first-order chi connectivity index (χ1) is 9.76. The maximum atomic E-state index is 6.05. The fourth-order valence-corrected chi connectivity index (χ4v) is 2.41. The summed E-state index contributed by atoms with van der Waals surface area (Å²) in [6.45, 7) is 8.65. The molecule has 0 atom stereocenters. The Morgan fingerprint density at radius 3 is 2.70 bits per heavy atom. The summed E-state index contributed by atoms with van der Waals surface area (Å²) in [5.41, 5.74) is 8.75. The number of nitrogen functional groups attached to an aromatic ring is 1.